The van der Waals surface area contributed by atoms with Gasteiger partial charge >= 0.3 is 0 Å². The van der Waals surface area contributed by atoms with Crippen molar-refractivity contribution in [3.63, 3.8) is 0 Å². The Hall–Kier alpha value is -2.41. The minimum Gasteiger partial charge on any atom is -0.338 e. The van der Waals surface area contributed by atoms with Crippen molar-refractivity contribution in [2.75, 3.05) is 19.6 Å². The molecule has 1 atom stereocenters. The molecule has 6 nitrogen and oxygen atoms in total. The van der Waals surface area contributed by atoms with Gasteiger partial charge in [-0.2, -0.15) is 4.98 Å². The van der Waals surface area contributed by atoms with Gasteiger partial charge in [-0.15, -0.1) is 12.4 Å². The molecule has 0 saturated carbocycles. The van der Waals surface area contributed by atoms with E-state index in [-0.39, 0.29) is 18.3 Å². The molecule has 146 valence electrons. The second-order valence-corrected chi connectivity index (χ2v) is 7.06. The van der Waals surface area contributed by atoms with Crippen molar-refractivity contribution in [2.24, 2.45) is 11.7 Å². The largest absolute Gasteiger partial charge is 0.338 e. The first kappa shape index (κ1) is 20.3. The third-order valence-electron chi connectivity index (χ3n) is 4.80. The highest BCUT2D eigenvalue weighted by molar-refractivity contribution is 6.30. The van der Waals surface area contributed by atoms with Crippen LogP contribution in [-0.2, 0) is 0 Å². The number of nitrogens with two attached hydrogens (primary N) is 1. The standard InChI is InChI=1S/C20H19ClN4O2.ClH/c21-15-5-3-4-14(10-15)18-23-19(27-24-18)16-6-1-2-7-17(16)20(26)25-9-8-13(11-22)12-25;/h1-7,10,13H,8-9,11-12,22H2;1H. The molecule has 2 N–H and O–H groups in total. The maximum Gasteiger partial charge on any atom is 0.259 e. The molecule has 0 bridgehead atoms. The van der Waals surface area contributed by atoms with Crippen molar-refractivity contribution < 1.29 is 9.32 Å². The summed E-state index contributed by atoms with van der Waals surface area (Å²) in [6, 6.07) is 14.5. The van der Waals surface area contributed by atoms with Gasteiger partial charge < -0.3 is 15.2 Å². The molecule has 1 fully saturated rings. The summed E-state index contributed by atoms with van der Waals surface area (Å²) < 4.78 is 5.45. The van der Waals surface area contributed by atoms with Crippen LogP contribution >= 0.6 is 24.0 Å². The van der Waals surface area contributed by atoms with Crippen LogP contribution in [-0.4, -0.2) is 40.6 Å². The lowest BCUT2D eigenvalue weighted by atomic mass is 10.1. The smallest absolute Gasteiger partial charge is 0.259 e. The molecule has 0 aliphatic carbocycles. The molecule has 2 aromatic carbocycles. The Morgan fingerprint density at radius 2 is 2.07 bits per heavy atom. The highest BCUT2D eigenvalue weighted by Gasteiger charge is 2.28. The Kier molecular flexibility index (Phi) is 6.34. The first-order valence-corrected chi connectivity index (χ1v) is 9.22. The molecular formula is C20H20Cl2N4O2. The number of benzene rings is 2. The fraction of sp³-hybridized carbons (Fsp3) is 0.250. The number of aromatic nitrogens is 2. The topological polar surface area (TPSA) is 85.2 Å². The molecule has 1 amide bonds. The second kappa shape index (κ2) is 8.73. The molecule has 1 unspecified atom stereocenters. The highest BCUT2D eigenvalue weighted by Crippen LogP contribution is 2.28. The molecule has 2 heterocycles. The number of carbonyl (C=O) groups is 1. The molecule has 1 aliphatic rings. The van der Waals surface area contributed by atoms with Crippen LogP contribution in [0.4, 0.5) is 0 Å². The van der Waals surface area contributed by atoms with E-state index in [1.165, 1.54) is 0 Å². The van der Waals surface area contributed by atoms with Crippen LogP contribution in [0.25, 0.3) is 22.8 Å². The molecule has 1 aliphatic heterocycles. The number of halogens is 2. The van der Waals surface area contributed by atoms with Crippen LogP contribution in [0.5, 0.6) is 0 Å². The third-order valence-corrected chi connectivity index (χ3v) is 5.04. The van der Waals surface area contributed by atoms with E-state index in [2.05, 4.69) is 10.1 Å². The lowest BCUT2D eigenvalue weighted by molar-refractivity contribution is 0.0788. The second-order valence-electron chi connectivity index (χ2n) is 6.62. The van der Waals surface area contributed by atoms with Gasteiger partial charge in [0.2, 0.25) is 5.82 Å². The van der Waals surface area contributed by atoms with Crippen LogP contribution in [0, 0.1) is 5.92 Å². The van der Waals surface area contributed by atoms with Gasteiger partial charge in [0, 0.05) is 23.7 Å². The molecule has 3 aromatic rings. The molecule has 1 aromatic heterocycles. The van der Waals surface area contributed by atoms with Gasteiger partial charge in [-0.3, -0.25) is 4.79 Å². The molecule has 28 heavy (non-hydrogen) atoms. The van der Waals surface area contributed by atoms with E-state index in [9.17, 15) is 4.79 Å². The molecule has 4 rings (SSSR count). The number of nitrogens with zero attached hydrogens (tertiary/aromatic N) is 3. The van der Waals surface area contributed by atoms with E-state index in [1.807, 2.05) is 35.2 Å². The number of rotatable bonds is 4. The third kappa shape index (κ3) is 4.04. The summed E-state index contributed by atoms with van der Waals surface area (Å²) in [5, 5.41) is 4.64. The Bertz CT molecular complexity index is 976. The summed E-state index contributed by atoms with van der Waals surface area (Å²) >= 11 is 6.04. The van der Waals surface area contributed by atoms with Crippen molar-refractivity contribution in [3.8, 4) is 22.8 Å². The summed E-state index contributed by atoms with van der Waals surface area (Å²) in [6.07, 6.45) is 0.934. The minimum absolute atomic E-state index is 0. The van der Waals surface area contributed by atoms with E-state index >= 15 is 0 Å². The van der Waals surface area contributed by atoms with Crippen molar-refractivity contribution in [1.29, 1.82) is 0 Å². The van der Waals surface area contributed by atoms with Gasteiger partial charge in [0.05, 0.1) is 11.1 Å². The Labute approximate surface area is 174 Å². The lowest BCUT2D eigenvalue weighted by Crippen LogP contribution is -2.30. The maximum atomic E-state index is 13.0. The van der Waals surface area contributed by atoms with Gasteiger partial charge in [-0.05, 0) is 43.1 Å². The molecule has 0 radical (unpaired) electrons. The molecule has 1 saturated heterocycles. The first-order valence-electron chi connectivity index (χ1n) is 8.84. The van der Waals surface area contributed by atoms with Gasteiger partial charge in [0.15, 0.2) is 0 Å². The van der Waals surface area contributed by atoms with Crippen molar-refractivity contribution in [1.82, 2.24) is 15.0 Å². The zero-order chi connectivity index (χ0) is 18.8. The van der Waals surface area contributed by atoms with E-state index in [0.29, 0.717) is 53.4 Å². The zero-order valence-electron chi connectivity index (χ0n) is 15.0. The van der Waals surface area contributed by atoms with Crippen LogP contribution in [0.2, 0.25) is 5.02 Å². The van der Waals surface area contributed by atoms with E-state index in [0.717, 1.165) is 12.0 Å². The quantitative estimate of drug-likeness (QED) is 0.693. The summed E-state index contributed by atoms with van der Waals surface area (Å²) in [6.45, 7) is 1.99. The normalized spacial score (nSPS) is 16.1. The summed E-state index contributed by atoms with van der Waals surface area (Å²) in [5.74, 6) is 1.06. The predicted octanol–water partition coefficient (Wildman–Crippen LogP) is 3.90. The number of likely N-dealkylation sites (tertiary alicyclic amines) is 1. The first-order chi connectivity index (χ1) is 13.2. The fourth-order valence-corrected chi connectivity index (χ4v) is 3.50. The van der Waals surface area contributed by atoms with Crippen molar-refractivity contribution in [2.45, 2.75) is 6.42 Å². The fourth-order valence-electron chi connectivity index (χ4n) is 3.31. The molecule has 0 spiro atoms. The number of carbonyl (C=O) groups excluding carboxylic acids is 1. The van der Waals surface area contributed by atoms with Crippen LogP contribution in [0.15, 0.2) is 53.1 Å². The van der Waals surface area contributed by atoms with Crippen LogP contribution in [0.1, 0.15) is 16.8 Å². The number of hydrogen-bond acceptors (Lipinski definition) is 5. The monoisotopic (exact) mass is 418 g/mol. The summed E-state index contributed by atoms with van der Waals surface area (Å²) in [5.41, 5.74) is 7.68. The average Bonchev–Trinajstić information content (AvgIpc) is 3.37. The van der Waals surface area contributed by atoms with E-state index in [4.69, 9.17) is 21.9 Å². The molecule has 8 heteroatoms. The Balaban J connectivity index is 0.00000225. The van der Waals surface area contributed by atoms with Gasteiger partial charge in [-0.25, -0.2) is 0 Å². The van der Waals surface area contributed by atoms with E-state index in [1.54, 1.807) is 18.2 Å². The Morgan fingerprint density at radius 3 is 2.82 bits per heavy atom. The van der Waals surface area contributed by atoms with Crippen molar-refractivity contribution in [3.05, 3.63) is 59.1 Å². The van der Waals surface area contributed by atoms with Gasteiger partial charge in [-0.1, -0.05) is 41.0 Å². The maximum absolute atomic E-state index is 13.0. The lowest BCUT2D eigenvalue weighted by Gasteiger charge is -2.17. The summed E-state index contributed by atoms with van der Waals surface area (Å²) in [4.78, 5) is 19.3. The van der Waals surface area contributed by atoms with Crippen LogP contribution < -0.4 is 5.73 Å². The van der Waals surface area contributed by atoms with Gasteiger partial charge in [0.25, 0.3) is 11.8 Å². The Morgan fingerprint density at radius 1 is 1.25 bits per heavy atom. The number of amides is 1. The predicted molar refractivity (Wildman–Crippen MR) is 110 cm³/mol. The van der Waals surface area contributed by atoms with Crippen molar-refractivity contribution >= 4 is 29.9 Å². The van der Waals surface area contributed by atoms with Crippen LogP contribution in [0.3, 0.4) is 0 Å². The van der Waals surface area contributed by atoms with Gasteiger partial charge in [0.1, 0.15) is 0 Å². The molecular weight excluding hydrogens is 399 g/mol. The highest BCUT2D eigenvalue weighted by atomic mass is 35.5. The SMILES string of the molecule is Cl.NCC1CCN(C(=O)c2ccccc2-c2nc(-c3cccc(Cl)c3)no2)C1. The average molecular weight is 419 g/mol. The van der Waals surface area contributed by atoms with E-state index < -0.39 is 0 Å². The summed E-state index contributed by atoms with van der Waals surface area (Å²) in [7, 11) is 0. The zero-order valence-corrected chi connectivity index (χ0v) is 16.6. The number of hydrogen-bond donors (Lipinski definition) is 1. The minimum atomic E-state index is -0.0379.